The lowest BCUT2D eigenvalue weighted by Gasteiger charge is -2.09. The molecule has 0 bridgehead atoms. The lowest BCUT2D eigenvalue weighted by molar-refractivity contribution is 1.57. The standard InChI is InChI=1S/C28H19Br/c29-26-8-3-7-25(19-26)22-13-11-20(12-14-22)21-15-17-24(18-16-21)28-10-4-6-23-5-1-2-9-27(23)28/h1-19H. The first-order chi connectivity index (χ1) is 14.3. The normalized spacial score (nSPS) is 10.9. The van der Waals surface area contributed by atoms with Crippen LogP contribution in [-0.4, -0.2) is 0 Å². The Morgan fingerprint density at radius 1 is 0.414 bits per heavy atom. The summed E-state index contributed by atoms with van der Waals surface area (Å²) in [5, 5.41) is 2.57. The van der Waals surface area contributed by atoms with Gasteiger partial charge >= 0.3 is 0 Å². The van der Waals surface area contributed by atoms with Crippen LogP contribution >= 0.6 is 15.9 Å². The van der Waals surface area contributed by atoms with Crippen molar-refractivity contribution >= 4 is 26.7 Å². The molecule has 5 aromatic carbocycles. The third kappa shape index (κ3) is 3.62. The molecule has 0 fully saturated rings. The zero-order chi connectivity index (χ0) is 19.6. The Hall–Kier alpha value is -3.16. The van der Waals surface area contributed by atoms with Gasteiger partial charge in [0.05, 0.1) is 0 Å². The molecule has 0 spiro atoms. The minimum Gasteiger partial charge on any atom is -0.0616 e. The van der Waals surface area contributed by atoms with Crippen LogP contribution < -0.4 is 0 Å². The fourth-order valence-corrected chi connectivity index (χ4v) is 4.24. The highest BCUT2D eigenvalue weighted by Crippen LogP contribution is 2.31. The van der Waals surface area contributed by atoms with Gasteiger partial charge in [-0.2, -0.15) is 0 Å². The molecule has 0 nitrogen and oxygen atoms in total. The highest BCUT2D eigenvalue weighted by molar-refractivity contribution is 9.10. The lowest BCUT2D eigenvalue weighted by Crippen LogP contribution is -1.83. The lowest BCUT2D eigenvalue weighted by atomic mass is 9.95. The zero-order valence-corrected chi connectivity index (χ0v) is 17.4. The topological polar surface area (TPSA) is 0 Å². The van der Waals surface area contributed by atoms with E-state index in [0.717, 1.165) is 4.47 Å². The maximum Gasteiger partial charge on any atom is 0.0181 e. The van der Waals surface area contributed by atoms with E-state index in [1.165, 1.54) is 44.2 Å². The van der Waals surface area contributed by atoms with E-state index in [0.29, 0.717) is 0 Å². The van der Waals surface area contributed by atoms with E-state index >= 15 is 0 Å². The molecule has 0 amide bonds. The number of halogens is 1. The van der Waals surface area contributed by atoms with E-state index in [9.17, 15) is 0 Å². The predicted molar refractivity (Wildman–Crippen MR) is 128 cm³/mol. The third-order valence-corrected chi connectivity index (χ3v) is 5.85. The van der Waals surface area contributed by atoms with Crippen molar-refractivity contribution in [3.63, 3.8) is 0 Å². The van der Waals surface area contributed by atoms with Crippen molar-refractivity contribution in [1.29, 1.82) is 0 Å². The smallest absolute Gasteiger partial charge is 0.0181 e. The van der Waals surface area contributed by atoms with Crippen LogP contribution in [0.4, 0.5) is 0 Å². The summed E-state index contributed by atoms with van der Waals surface area (Å²) in [4.78, 5) is 0. The van der Waals surface area contributed by atoms with Crippen molar-refractivity contribution in [1.82, 2.24) is 0 Å². The molecule has 0 atom stereocenters. The van der Waals surface area contributed by atoms with Gasteiger partial charge in [0.25, 0.3) is 0 Å². The molecule has 0 aliphatic rings. The zero-order valence-electron chi connectivity index (χ0n) is 15.8. The maximum absolute atomic E-state index is 3.55. The Bertz CT molecular complexity index is 1280. The van der Waals surface area contributed by atoms with Crippen LogP contribution in [0.25, 0.3) is 44.2 Å². The summed E-state index contributed by atoms with van der Waals surface area (Å²) in [6.07, 6.45) is 0. The molecule has 5 aromatic rings. The van der Waals surface area contributed by atoms with Crippen molar-refractivity contribution in [2.45, 2.75) is 0 Å². The Morgan fingerprint density at radius 2 is 0.966 bits per heavy atom. The van der Waals surface area contributed by atoms with Crippen LogP contribution in [0.2, 0.25) is 0 Å². The first-order valence-corrected chi connectivity index (χ1v) is 10.5. The largest absolute Gasteiger partial charge is 0.0616 e. The molecule has 138 valence electrons. The molecule has 0 radical (unpaired) electrons. The molecular weight excluding hydrogens is 416 g/mol. The molecule has 0 saturated heterocycles. The minimum absolute atomic E-state index is 1.10. The first kappa shape index (κ1) is 17.9. The minimum atomic E-state index is 1.10. The highest BCUT2D eigenvalue weighted by Gasteiger charge is 2.05. The van der Waals surface area contributed by atoms with Crippen LogP contribution in [0.3, 0.4) is 0 Å². The van der Waals surface area contributed by atoms with E-state index in [2.05, 4.69) is 131 Å². The fourth-order valence-electron chi connectivity index (χ4n) is 3.84. The van der Waals surface area contributed by atoms with Crippen molar-refractivity contribution in [3.8, 4) is 33.4 Å². The molecule has 0 aliphatic carbocycles. The second-order valence-corrected chi connectivity index (χ2v) is 8.11. The summed E-state index contributed by atoms with van der Waals surface area (Å²) in [5.74, 6) is 0. The maximum atomic E-state index is 3.55. The molecule has 1 heteroatoms. The Labute approximate surface area is 179 Å². The van der Waals surface area contributed by atoms with E-state index < -0.39 is 0 Å². The predicted octanol–water partition coefficient (Wildman–Crippen LogP) is 8.60. The molecule has 0 N–H and O–H groups in total. The Morgan fingerprint density at radius 3 is 1.66 bits per heavy atom. The van der Waals surface area contributed by atoms with Crippen molar-refractivity contribution in [2.24, 2.45) is 0 Å². The number of hydrogen-bond acceptors (Lipinski definition) is 0. The van der Waals surface area contributed by atoms with Gasteiger partial charge in [-0.1, -0.05) is 119 Å². The van der Waals surface area contributed by atoms with Crippen molar-refractivity contribution in [3.05, 3.63) is 120 Å². The van der Waals surface area contributed by atoms with Gasteiger partial charge in [-0.25, -0.2) is 0 Å². The number of benzene rings is 5. The van der Waals surface area contributed by atoms with Gasteiger partial charge in [0, 0.05) is 4.47 Å². The van der Waals surface area contributed by atoms with Crippen LogP contribution in [-0.2, 0) is 0 Å². The molecule has 0 unspecified atom stereocenters. The van der Waals surface area contributed by atoms with Gasteiger partial charge in [0.1, 0.15) is 0 Å². The molecule has 5 rings (SSSR count). The van der Waals surface area contributed by atoms with E-state index in [1.807, 2.05) is 0 Å². The van der Waals surface area contributed by atoms with Gasteiger partial charge in [0.2, 0.25) is 0 Å². The van der Waals surface area contributed by atoms with Gasteiger partial charge in [0.15, 0.2) is 0 Å². The second-order valence-electron chi connectivity index (χ2n) is 7.19. The van der Waals surface area contributed by atoms with E-state index in [4.69, 9.17) is 0 Å². The van der Waals surface area contributed by atoms with E-state index in [1.54, 1.807) is 0 Å². The van der Waals surface area contributed by atoms with Crippen LogP contribution in [0.5, 0.6) is 0 Å². The van der Waals surface area contributed by atoms with Crippen molar-refractivity contribution < 1.29 is 0 Å². The average Bonchev–Trinajstić information content (AvgIpc) is 2.79. The summed E-state index contributed by atoms with van der Waals surface area (Å²) in [6, 6.07) is 41.1. The quantitative estimate of drug-likeness (QED) is 0.266. The monoisotopic (exact) mass is 434 g/mol. The summed E-state index contributed by atoms with van der Waals surface area (Å²) in [6.45, 7) is 0. The molecule has 29 heavy (non-hydrogen) atoms. The summed E-state index contributed by atoms with van der Waals surface area (Å²) >= 11 is 3.55. The number of hydrogen-bond donors (Lipinski definition) is 0. The highest BCUT2D eigenvalue weighted by atomic mass is 79.9. The van der Waals surface area contributed by atoms with Gasteiger partial charge in [-0.3, -0.25) is 0 Å². The summed E-state index contributed by atoms with van der Waals surface area (Å²) in [7, 11) is 0. The van der Waals surface area contributed by atoms with Gasteiger partial charge < -0.3 is 0 Å². The Kier molecular flexibility index (Phi) is 4.75. The van der Waals surface area contributed by atoms with Crippen LogP contribution in [0.15, 0.2) is 120 Å². The van der Waals surface area contributed by atoms with E-state index in [-0.39, 0.29) is 0 Å². The van der Waals surface area contributed by atoms with Crippen LogP contribution in [0, 0.1) is 0 Å². The van der Waals surface area contributed by atoms with Crippen LogP contribution in [0.1, 0.15) is 0 Å². The third-order valence-electron chi connectivity index (χ3n) is 5.36. The fraction of sp³-hybridized carbons (Fsp3) is 0. The van der Waals surface area contributed by atoms with Crippen molar-refractivity contribution in [2.75, 3.05) is 0 Å². The molecule has 0 heterocycles. The average molecular weight is 435 g/mol. The summed E-state index contributed by atoms with van der Waals surface area (Å²) in [5.41, 5.74) is 7.43. The molecule has 0 saturated carbocycles. The second kappa shape index (κ2) is 7.69. The molecule has 0 aliphatic heterocycles. The van der Waals surface area contributed by atoms with Gasteiger partial charge in [-0.15, -0.1) is 0 Å². The molecular formula is C28H19Br. The number of fused-ring (bicyclic) bond motifs is 1. The molecule has 0 aromatic heterocycles. The SMILES string of the molecule is Brc1cccc(-c2ccc(-c3ccc(-c4cccc5ccccc45)cc3)cc2)c1. The Balaban J connectivity index is 1.46. The summed E-state index contributed by atoms with van der Waals surface area (Å²) < 4.78 is 1.10. The number of rotatable bonds is 3. The first-order valence-electron chi connectivity index (χ1n) is 9.72. The van der Waals surface area contributed by atoms with Gasteiger partial charge in [-0.05, 0) is 56.3 Å².